The van der Waals surface area contributed by atoms with Crippen LogP contribution in [0.5, 0.6) is 0 Å². The lowest BCUT2D eigenvalue weighted by Crippen LogP contribution is -2.27. The van der Waals surface area contributed by atoms with Crippen molar-refractivity contribution in [3.63, 3.8) is 0 Å². The van der Waals surface area contributed by atoms with Crippen LogP contribution in [0.15, 0.2) is 36.4 Å². The molecule has 5 heteroatoms. The second-order valence-corrected chi connectivity index (χ2v) is 3.74. The van der Waals surface area contributed by atoms with Gasteiger partial charge in [0.05, 0.1) is 12.2 Å². The van der Waals surface area contributed by atoms with Crippen LogP contribution in [0.25, 0.3) is 0 Å². The third-order valence-electron chi connectivity index (χ3n) is 2.66. The molecule has 1 aliphatic heterocycles. The van der Waals surface area contributed by atoms with E-state index in [0.717, 1.165) is 5.56 Å². The molecule has 88 valence electrons. The Bertz CT molecular complexity index is 458. The number of hydrogen-bond acceptors (Lipinski definition) is 4. The zero-order valence-electron chi connectivity index (χ0n) is 9.55. The first-order chi connectivity index (χ1) is 8.15. The summed E-state index contributed by atoms with van der Waals surface area (Å²) in [6.45, 7) is 5.69. The molecular formula is C12H13BO4. The highest BCUT2D eigenvalue weighted by atomic mass is 16.5. The molecule has 1 heterocycles. The Kier molecular flexibility index (Phi) is 3.31. The van der Waals surface area contributed by atoms with E-state index in [2.05, 4.69) is 6.58 Å². The van der Waals surface area contributed by atoms with Gasteiger partial charge >= 0.3 is 13.1 Å². The Balaban J connectivity index is 2.25. The molecule has 0 bridgehead atoms. The van der Waals surface area contributed by atoms with Crippen LogP contribution in [0.2, 0.25) is 0 Å². The maximum Gasteiger partial charge on any atom is 0.492 e. The molecule has 1 unspecified atom stereocenters. The van der Waals surface area contributed by atoms with Gasteiger partial charge in [-0.15, -0.1) is 0 Å². The molecule has 1 aliphatic rings. The van der Waals surface area contributed by atoms with Crippen LogP contribution in [0.4, 0.5) is 0 Å². The van der Waals surface area contributed by atoms with Crippen molar-refractivity contribution in [1.82, 2.24) is 0 Å². The van der Waals surface area contributed by atoms with Gasteiger partial charge in [-0.1, -0.05) is 30.8 Å². The summed E-state index contributed by atoms with van der Waals surface area (Å²) < 4.78 is 10.2. The Morgan fingerprint density at radius 2 is 2.29 bits per heavy atom. The van der Waals surface area contributed by atoms with Crippen LogP contribution in [0.3, 0.4) is 0 Å². The van der Waals surface area contributed by atoms with E-state index >= 15 is 0 Å². The Labute approximate surface area is 100 Å². The lowest BCUT2D eigenvalue weighted by molar-refractivity contribution is -0.139. The summed E-state index contributed by atoms with van der Waals surface area (Å²) in [4.78, 5) is 11.6. The summed E-state index contributed by atoms with van der Waals surface area (Å²) in [7, 11) is -1.01. The Morgan fingerprint density at radius 1 is 1.59 bits per heavy atom. The average Bonchev–Trinajstić information content (AvgIpc) is 2.67. The molecule has 0 saturated heterocycles. The normalized spacial score (nSPS) is 17.8. The standard InChI is InChI=1S/C12H13BO4/c1-3-16-12(14)8(2)11-9-6-4-5-7-10(9)13(15)17-11/h4-7,11,15H,2-3H2,1H3. The first kappa shape index (κ1) is 11.9. The summed E-state index contributed by atoms with van der Waals surface area (Å²) in [5.41, 5.74) is 1.64. The minimum absolute atomic E-state index is 0.204. The first-order valence-electron chi connectivity index (χ1n) is 5.43. The molecule has 0 aliphatic carbocycles. The molecule has 2 rings (SSSR count). The van der Waals surface area contributed by atoms with E-state index in [1.807, 2.05) is 6.07 Å². The number of carbonyl (C=O) groups is 1. The zero-order chi connectivity index (χ0) is 12.4. The maximum absolute atomic E-state index is 11.6. The summed E-state index contributed by atoms with van der Waals surface area (Å²) in [5, 5.41) is 9.70. The lowest BCUT2D eigenvalue weighted by atomic mass is 9.79. The molecule has 0 radical (unpaired) electrons. The lowest BCUT2D eigenvalue weighted by Gasteiger charge is -2.14. The van der Waals surface area contributed by atoms with Gasteiger partial charge in [-0.2, -0.15) is 0 Å². The monoisotopic (exact) mass is 232 g/mol. The highest BCUT2D eigenvalue weighted by Gasteiger charge is 2.38. The van der Waals surface area contributed by atoms with Crippen LogP contribution in [0.1, 0.15) is 18.6 Å². The molecule has 1 aromatic carbocycles. The van der Waals surface area contributed by atoms with Gasteiger partial charge in [-0.3, -0.25) is 0 Å². The average molecular weight is 232 g/mol. The number of hydrogen-bond donors (Lipinski definition) is 1. The van der Waals surface area contributed by atoms with Gasteiger partial charge in [-0.25, -0.2) is 4.79 Å². The fourth-order valence-electron chi connectivity index (χ4n) is 1.85. The second kappa shape index (κ2) is 4.73. The molecule has 0 fully saturated rings. The van der Waals surface area contributed by atoms with Crippen molar-refractivity contribution in [2.24, 2.45) is 0 Å². The van der Waals surface area contributed by atoms with Crippen molar-refractivity contribution in [2.45, 2.75) is 13.0 Å². The van der Waals surface area contributed by atoms with Crippen molar-refractivity contribution in [1.29, 1.82) is 0 Å². The maximum atomic E-state index is 11.6. The molecule has 17 heavy (non-hydrogen) atoms. The van der Waals surface area contributed by atoms with Gasteiger partial charge in [0.2, 0.25) is 0 Å². The van der Waals surface area contributed by atoms with E-state index in [4.69, 9.17) is 9.39 Å². The number of ether oxygens (including phenoxy) is 1. The fourth-order valence-corrected chi connectivity index (χ4v) is 1.85. The van der Waals surface area contributed by atoms with Crippen molar-refractivity contribution < 1.29 is 19.2 Å². The molecular weight excluding hydrogens is 219 g/mol. The summed E-state index contributed by atoms with van der Waals surface area (Å²) in [6.07, 6.45) is -0.625. The van der Waals surface area contributed by atoms with Crippen molar-refractivity contribution in [3.05, 3.63) is 42.0 Å². The number of esters is 1. The van der Waals surface area contributed by atoms with Gasteiger partial charge in [0.15, 0.2) is 0 Å². The molecule has 0 spiro atoms. The van der Waals surface area contributed by atoms with E-state index < -0.39 is 19.2 Å². The molecule has 0 amide bonds. The van der Waals surface area contributed by atoms with Gasteiger partial charge in [-0.05, 0) is 17.9 Å². The predicted octanol–water partition coefficient (Wildman–Crippen LogP) is 0.565. The quantitative estimate of drug-likeness (QED) is 0.470. The minimum atomic E-state index is -1.01. The fraction of sp³-hybridized carbons (Fsp3) is 0.250. The van der Waals surface area contributed by atoms with Crippen molar-refractivity contribution in [3.8, 4) is 0 Å². The zero-order valence-corrected chi connectivity index (χ0v) is 9.55. The summed E-state index contributed by atoms with van der Waals surface area (Å²) >= 11 is 0. The second-order valence-electron chi connectivity index (χ2n) is 3.74. The SMILES string of the molecule is C=C(C(=O)OCC)C1OB(O)c2ccccc21. The number of fused-ring (bicyclic) bond motifs is 1. The molecule has 1 N–H and O–H groups in total. The highest BCUT2D eigenvalue weighted by molar-refractivity contribution is 6.61. The third-order valence-corrected chi connectivity index (χ3v) is 2.66. The van der Waals surface area contributed by atoms with Crippen LogP contribution in [-0.4, -0.2) is 24.7 Å². The van der Waals surface area contributed by atoms with E-state index in [0.29, 0.717) is 5.46 Å². The Hall–Kier alpha value is -1.59. The largest absolute Gasteiger partial charge is 0.492 e. The number of benzene rings is 1. The van der Waals surface area contributed by atoms with Crippen LogP contribution >= 0.6 is 0 Å². The third kappa shape index (κ3) is 2.11. The van der Waals surface area contributed by atoms with E-state index in [1.165, 1.54) is 0 Å². The van der Waals surface area contributed by atoms with Crippen molar-refractivity contribution >= 4 is 18.6 Å². The molecule has 1 aromatic rings. The summed E-state index contributed by atoms with van der Waals surface area (Å²) in [5.74, 6) is -0.499. The molecule has 0 aromatic heterocycles. The topological polar surface area (TPSA) is 55.8 Å². The predicted molar refractivity (Wildman–Crippen MR) is 63.6 cm³/mol. The number of rotatable bonds is 3. The smallest absolute Gasteiger partial charge is 0.463 e. The molecule has 1 atom stereocenters. The Morgan fingerprint density at radius 3 is 3.00 bits per heavy atom. The summed E-state index contributed by atoms with van der Waals surface area (Å²) in [6, 6.07) is 7.20. The van der Waals surface area contributed by atoms with Gasteiger partial charge < -0.3 is 14.4 Å². The van der Waals surface area contributed by atoms with Crippen LogP contribution in [-0.2, 0) is 14.2 Å². The van der Waals surface area contributed by atoms with E-state index in [-0.39, 0.29) is 12.2 Å². The van der Waals surface area contributed by atoms with E-state index in [9.17, 15) is 9.82 Å². The highest BCUT2D eigenvalue weighted by Crippen LogP contribution is 2.29. The number of carbonyl (C=O) groups excluding carboxylic acids is 1. The van der Waals surface area contributed by atoms with Gasteiger partial charge in [0.1, 0.15) is 6.10 Å². The van der Waals surface area contributed by atoms with Crippen LogP contribution in [0, 0.1) is 0 Å². The van der Waals surface area contributed by atoms with Gasteiger partial charge in [0.25, 0.3) is 0 Å². The first-order valence-corrected chi connectivity index (χ1v) is 5.43. The molecule has 0 saturated carbocycles. The van der Waals surface area contributed by atoms with E-state index in [1.54, 1.807) is 25.1 Å². The molecule has 4 nitrogen and oxygen atoms in total. The minimum Gasteiger partial charge on any atom is -0.463 e. The van der Waals surface area contributed by atoms with Crippen molar-refractivity contribution in [2.75, 3.05) is 6.61 Å². The van der Waals surface area contributed by atoms with Gasteiger partial charge in [0, 0.05) is 0 Å². The van der Waals surface area contributed by atoms with Crippen LogP contribution < -0.4 is 5.46 Å².